The number of benzene rings is 4. The fourth-order valence-electron chi connectivity index (χ4n) is 11.1. The van der Waals surface area contributed by atoms with Crippen molar-refractivity contribution in [3.63, 3.8) is 0 Å². The molecule has 4 aromatic rings. The number of sulfonamides is 2. The van der Waals surface area contributed by atoms with Crippen LogP contribution in [0.25, 0.3) is 32.7 Å². The van der Waals surface area contributed by atoms with Crippen molar-refractivity contribution in [2.75, 3.05) is 20.9 Å². The van der Waals surface area contributed by atoms with E-state index in [-0.39, 0.29) is 34.2 Å². The van der Waals surface area contributed by atoms with Gasteiger partial charge in [0.05, 0.1) is 35.1 Å². The van der Waals surface area contributed by atoms with E-state index in [1.54, 1.807) is 12.1 Å². The normalized spacial score (nSPS) is 31.1. The first-order valence-corrected chi connectivity index (χ1v) is 21.2. The van der Waals surface area contributed by atoms with Crippen molar-refractivity contribution < 1.29 is 27.0 Å². The fourth-order valence-corrected chi connectivity index (χ4v) is 15.0. The molecule has 4 aromatic carbocycles. The minimum Gasteiger partial charge on any atom is -0.392 e. The molecule has 6 atom stereocenters. The number of hydrogen-bond donors (Lipinski definition) is 4. The van der Waals surface area contributed by atoms with Gasteiger partial charge in [-0.3, -0.25) is 9.44 Å². The average Bonchev–Trinajstić information content (AvgIpc) is 3.57. The minimum atomic E-state index is -3.98. The average molecular weight is 717 g/mol. The Labute approximate surface area is 295 Å². The molecular formula is C40H48N2O6S2. The predicted molar refractivity (Wildman–Crippen MR) is 201 cm³/mol. The van der Waals surface area contributed by atoms with Gasteiger partial charge in [-0.15, -0.1) is 0 Å². The summed E-state index contributed by atoms with van der Waals surface area (Å²) in [5, 5.41) is 25.7. The molecule has 0 amide bonds. The van der Waals surface area contributed by atoms with Crippen LogP contribution in [0.5, 0.6) is 0 Å². The van der Waals surface area contributed by atoms with Gasteiger partial charge < -0.3 is 10.2 Å². The molecule has 4 aliphatic carbocycles. The fraction of sp³-hybridized carbons (Fsp3) is 0.500. The van der Waals surface area contributed by atoms with Crippen LogP contribution >= 0.6 is 0 Å². The van der Waals surface area contributed by atoms with E-state index >= 15 is 0 Å². The third kappa shape index (κ3) is 4.88. The van der Waals surface area contributed by atoms with E-state index in [2.05, 4.69) is 37.1 Å². The Morgan fingerprint density at radius 1 is 0.600 bits per heavy atom. The molecule has 4 bridgehead atoms. The van der Waals surface area contributed by atoms with Gasteiger partial charge in [0.1, 0.15) is 0 Å². The minimum absolute atomic E-state index is 0.201. The molecule has 50 heavy (non-hydrogen) atoms. The summed E-state index contributed by atoms with van der Waals surface area (Å²) in [7, 11) is -7.97. The van der Waals surface area contributed by atoms with E-state index in [1.165, 1.54) is 0 Å². The van der Waals surface area contributed by atoms with E-state index < -0.39 is 43.1 Å². The van der Waals surface area contributed by atoms with E-state index in [4.69, 9.17) is 0 Å². The first-order valence-electron chi connectivity index (χ1n) is 17.9. The molecule has 0 saturated heterocycles. The summed E-state index contributed by atoms with van der Waals surface area (Å²) in [5.74, 6) is 0.155. The number of rotatable bonds is 9. The summed E-state index contributed by atoms with van der Waals surface area (Å²) in [6.07, 6.45) is 2.94. The number of aliphatic hydroxyl groups is 2. The second-order valence-electron chi connectivity index (χ2n) is 16.9. The number of hydrogen-bond acceptors (Lipinski definition) is 6. The zero-order valence-corrected chi connectivity index (χ0v) is 30.9. The van der Waals surface area contributed by atoms with Crippen LogP contribution in [-0.2, 0) is 20.0 Å². The van der Waals surface area contributed by atoms with Crippen molar-refractivity contribution in [2.24, 2.45) is 33.5 Å². The van der Waals surface area contributed by atoms with Crippen LogP contribution in [0.4, 0.5) is 11.4 Å². The van der Waals surface area contributed by atoms with Crippen molar-refractivity contribution in [3.8, 4) is 11.1 Å². The molecule has 0 aromatic heterocycles. The Hall–Kier alpha value is -3.18. The van der Waals surface area contributed by atoms with Crippen LogP contribution < -0.4 is 9.44 Å². The Kier molecular flexibility index (Phi) is 7.57. The molecule has 4 saturated carbocycles. The molecule has 8 rings (SSSR count). The SMILES string of the molecule is CC1(C)[C@@H]2CC[C@]1(CS(=O)(=O)Nc1ccc3ccccc3c1-c1c(NS(=O)(=O)C[C@@]34CC[C@H](C[C@@H]3O)C4(C)C)ccc3ccccc13)[C@@H](O)C2. The highest BCUT2D eigenvalue weighted by Gasteiger charge is 2.66. The van der Waals surface area contributed by atoms with Crippen LogP contribution in [0, 0.1) is 33.5 Å². The molecule has 4 aliphatic rings. The Morgan fingerprint density at radius 2 is 0.980 bits per heavy atom. The van der Waals surface area contributed by atoms with E-state index in [0.717, 1.165) is 34.4 Å². The molecule has 0 radical (unpaired) electrons. The van der Waals surface area contributed by atoms with Gasteiger partial charge in [0.25, 0.3) is 0 Å². The topological polar surface area (TPSA) is 133 Å². The number of aliphatic hydroxyl groups excluding tert-OH is 2. The summed E-state index contributed by atoms with van der Waals surface area (Å²) in [5.41, 5.74) is -0.300. The summed E-state index contributed by atoms with van der Waals surface area (Å²) >= 11 is 0. The molecule has 0 aliphatic heterocycles. The molecule has 8 nitrogen and oxygen atoms in total. The largest absolute Gasteiger partial charge is 0.392 e. The lowest BCUT2D eigenvalue weighted by molar-refractivity contribution is 0.0153. The highest BCUT2D eigenvalue weighted by Crippen LogP contribution is 2.67. The van der Waals surface area contributed by atoms with Gasteiger partial charge in [0.15, 0.2) is 0 Å². The first-order chi connectivity index (χ1) is 23.5. The molecule has 0 heterocycles. The molecule has 266 valence electrons. The lowest BCUT2D eigenvalue weighted by Gasteiger charge is -2.40. The lowest BCUT2D eigenvalue weighted by atomic mass is 9.70. The predicted octanol–water partition coefficient (Wildman–Crippen LogP) is 7.52. The van der Waals surface area contributed by atoms with Crippen molar-refractivity contribution in [1.29, 1.82) is 0 Å². The third-order valence-corrected chi connectivity index (χ3v) is 17.2. The maximum Gasteiger partial charge on any atom is 0.233 e. The van der Waals surface area contributed by atoms with Gasteiger partial charge in [0, 0.05) is 22.0 Å². The molecule has 10 heteroatoms. The summed E-state index contributed by atoms with van der Waals surface area (Å²) in [6, 6.07) is 22.7. The second kappa shape index (κ2) is 11.2. The molecule has 4 N–H and O–H groups in total. The molecule has 4 fully saturated rings. The van der Waals surface area contributed by atoms with Gasteiger partial charge in [-0.2, -0.15) is 0 Å². The Balaban J connectivity index is 1.26. The monoisotopic (exact) mass is 716 g/mol. The summed E-state index contributed by atoms with van der Waals surface area (Å²) < 4.78 is 63.0. The Morgan fingerprint density at radius 3 is 1.32 bits per heavy atom. The van der Waals surface area contributed by atoms with Crippen molar-refractivity contribution in [1.82, 2.24) is 0 Å². The van der Waals surface area contributed by atoms with Gasteiger partial charge in [-0.1, -0.05) is 88.4 Å². The first kappa shape index (κ1) is 33.9. The van der Waals surface area contributed by atoms with E-state index in [1.807, 2.05) is 60.7 Å². The van der Waals surface area contributed by atoms with Gasteiger partial charge in [0.2, 0.25) is 20.0 Å². The number of anilines is 2. The number of nitrogens with one attached hydrogen (secondary N) is 2. The zero-order valence-electron chi connectivity index (χ0n) is 29.2. The van der Waals surface area contributed by atoms with Crippen LogP contribution in [0.2, 0.25) is 0 Å². The zero-order chi connectivity index (χ0) is 35.5. The molecular weight excluding hydrogens is 669 g/mol. The van der Waals surface area contributed by atoms with Crippen LogP contribution in [0.15, 0.2) is 72.8 Å². The molecule has 0 unspecified atom stereocenters. The van der Waals surface area contributed by atoms with Crippen molar-refractivity contribution in [3.05, 3.63) is 72.8 Å². The van der Waals surface area contributed by atoms with Gasteiger partial charge in [-0.25, -0.2) is 16.8 Å². The lowest BCUT2D eigenvalue weighted by Crippen LogP contribution is -2.45. The van der Waals surface area contributed by atoms with E-state index in [9.17, 15) is 27.0 Å². The highest BCUT2D eigenvalue weighted by atomic mass is 32.2. The quantitative estimate of drug-likeness (QED) is 0.142. The highest BCUT2D eigenvalue weighted by molar-refractivity contribution is 7.93. The van der Waals surface area contributed by atoms with Gasteiger partial charge >= 0.3 is 0 Å². The maximum absolute atomic E-state index is 14.3. The summed E-state index contributed by atoms with van der Waals surface area (Å²) in [4.78, 5) is 0. The third-order valence-electron chi connectivity index (χ3n) is 14.3. The summed E-state index contributed by atoms with van der Waals surface area (Å²) in [6.45, 7) is 8.35. The standard InChI is InChI=1S/C40H48N2O6S2/c1-37(2)27-17-19-39(37,33(43)21-27)23-49(45,46)41-31-15-13-25-9-5-7-11-29(25)35(31)36-30-12-8-6-10-26(30)14-16-32(36)42-50(47,48)24-40-20-18-28(22-34(40)44)38(40,3)4/h5-16,27-28,33-34,41-44H,17-24H2,1-4H3/t27-,28-,33+,34+,39+,40+/m1/s1. The van der Waals surface area contributed by atoms with Crippen molar-refractivity contribution in [2.45, 2.75) is 78.4 Å². The second-order valence-corrected chi connectivity index (χ2v) is 20.3. The van der Waals surface area contributed by atoms with Crippen LogP contribution in [0.3, 0.4) is 0 Å². The molecule has 0 spiro atoms. The van der Waals surface area contributed by atoms with Crippen LogP contribution in [0.1, 0.15) is 66.2 Å². The van der Waals surface area contributed by atoms with Crippen LogP contribution in [-0.4, -0.2) is 50.8 Å². The smallest absolute Gasteiger partial charge is 0.233 e. The number of fused-ring (bicyclic) bond motifs is 6. The maximum atomic E-state index is 14.3. The van der Waals surface area contributed by atoms with Crippen molar-refractivity contribution >= 4 is 53.0 Å². The van der Waals surface area contributed by atoms with E-state index in [0.29, 0.717) is 48.2 Å². The Bertz CT molecular complexity index is 2090. The van der Waals surface area contributed by atoms with Gasteiger partial charge in [-0.05, 0) is 94.9 Å².